The Bertz CT molecular complexity index is 727. The van der Waals surface area contributed by atoms with Gasteiger partial charge in [-0.15, -0.1) is 0 Å². The van der Waals surface area contributed by atoms with Crippen LogP contribution in [0.15, 0.2) is 54.9 Å². The van der Waals surface area contributed by atoms with E-state index < -0.39 is 11.7 Å². The number of carbonyl (C=O) groups excluding carboxylic acids is 2. The van der Waals surface area contributed by atoms with Crippen LogP contribution in [0.5, 0.6) is 0 Å². The summed E-state index contributed by atoms with van der Waals surface area (Å²) in [5.41, 5.74) is 1.22. The standard InChI is InChI=1S/C21H26N2O4/c1-21(2,3)27-19(24)10-9-18(17-11-13-22-14-12-17)23-20(25)26-15-16-7-5-4-6-8-16/h4-8,11-14,18H,9-10,15H2,1-3H3,(H,23,25). The van der Waals surface area contributed by atoms with Gasteiger partial charge in [-0.2, -0.15) is 0 Å². The van der Waals surface area contributed by atoms with Gasteiger partial charge in [-0.05, 0) is 50.5 Å². The molecule has 0 spiro atoms. The van der Waals surface area contributed by atoms with E-state index in [1.807, 2.05) is 51.1 Å². The SMILES string of the molecule is CC(C)(C)OC(=O)CCC(NC(=O)OCc1ccccc1)c1ccncc1. The fraction of sp³-hybridized carbons (Fsp3) is 0.381. The average Bonchev–Trinajstić information content (AvgIpc) is 2.63. The van der Waals surface area contributed by atoms with Crippen molar-refractivity contribution in [3.63, 3.8) is 0 Å². The lowest BCUT2D eigenvalue weighted by Gasteiger charge is -2.22. The lowest BCUT2D eigenvalue weighted by atomic mass is 10.0. The van der Waals surface area contributed by atoms with Gasteiger partial charge in [0.25, 0.3) is 0 Å². The van der Waals surface area contributed by atoms with Crippen molar-refractivity contribution in [3.8, 4) is 0 Å². The number of ether oxygens (including phenoxy) is 2. The number of pyridine rings is 1. The molecule has 6 nitrogen and oxygen atoms in total. The van der Waals surface area contributed by atoms with E-state index in [-0.39, 0.29) is 25.0 Å². The van der Waals surface area contributed by atoms with Gasteiger partial charge in [-0.3, -0.25) is 9.78 Å². The number of nitrogens with zero attached hydrogens (tertiary/aromatic N) is 1. The van der Waals surface area contributed by atoms with Crippen LogP contribution in [0.4, 0.5) is 4.79 Å². The number of carbonyl (C=O) groups is 2. The van der Waals surface area contributed by atoms with Crippen molar-refractivity contribution in [2.45, 2.75) is 51.9 Å². The zero-order valence-electron chi connectivity index (χ0n) is 16.0. The summed E-state index contributed by atoms with van der Waals surface area (Å²) in [5.74, 6) is -0.305. The van der Waals surface area contributed by atoms with Gasteiger partial charge in [-0.25, -0.2) is 4.79 Å². The first-order valence-corrected chi connectivity index (χ1v) is 8.92. The summed E-state index contributed by atoms with van der Waals surface area (Å²) in [7, 11) is 0. The van der Waals surface area contributed by atoms with E-state index in [4.69, 9.17) is 9.47 Å². The summed E-state index contributed by atoms with van der Waals surface area (Å²) in [4.78, 5) is 28.2. The molecule has 0 bridgehead atoms. The maximum atomic E-state index is 12.2. The van der Waals surface area contributed by atoms with Crippen LogP contribution in [0, 0.1) is 0 Å². The molecule has 6 heteroatoms. The van der Waals surface area contributed by atoms with Crippen molar-refractivity contribution in [3.05, 3.63) is 66.0 Å². The Morgan fingerprint density at radius 2 is 1.74 bits per heavy atom. The van der Waals surface area contributed by atoms with Gasteiger partial charge in [-0.1, -0.05) is 30.3 Å². The smallest absolute Gasteiger partial charge is 0.407 e. The van der Waals surface area contributed by atoms with Crippen molar-refractivity contribution in [2.24, 2.45) is 0 Å². The minimum Gasteiger partial charge on any atom is -0.460 e. The van der Waals surface area contributed by atoms with Crippen LogP contribution in [0.3, 0.4) is 0 Å². The second-order valence-corrected chi connectivity index (χ2v) is 7.16. The Hall–Kier alpha value is -2.89. The van der Waals surface area contributed by atoms with Gasteiger partial charge in [0, 0.05) is 18.8 Å². The molecule has 27 heavy (non-hydrogen) atoms. The van der Waals surface area contributed by atoms with Gasteiger partial charge in [0.1, 0.15) is 12.2 Å². The van der Waals surface area contributed by atoms with E-state index in [2.05, 4.69) is 10.3 Å². The predicted octanol–water partition coefficient (Wildman–Crippen LogP) is 4.17. The third-order valence-corrected chi connectivity index (χ3v) is 3.67. The molecule has 1 aromatic heterocycles. The van der Waals surface area contributed by atoms with Crippen LogP contribution in [0.1, 0.15) is 50.8 Å². The van der Waals surface area contributed by atoms with E-state index >= 15 is 0 Å². The first-order valence-electron chi connectivity index (χ1n) is 8.92. The van der Waals surface area contributed by atoms with Crippen LogP contribution in [-0.2, 0) is 20.9 Å². The minimum atomic E-state index is -0.537. The Kier molecular flexibility index (Phi) is 7.34. The fourth-order valence-electron chi connectivity index (χ4n) is 2.48. The molecular weight excluding hydrogens is 344 g/mol. The van der Waals surface area contributed by atoms with E-state index in [1.54, 1.807) is 24.5 Å². The number of esters is 1. The highest BCUT2D eigenvalue weighted by atomic mass is 16.6. The van der Waals surface area contributed by atoms with E-state index in [1.165, 1.54) is 0 Å². The number of benzene rings is 1. The molecular formula is C21H26N2O4. The number of alkyl carbamates (subject to hydrolysis) is 1. The van der Waals surface area contributed by atoms with Gasteiger partial charge >= 0.3 is 12.1 Å². The maximum absolute atomic E-state index is 12.2. The molecule has 1 aromatic carbocycles. The molecule has 1 N–H and O–H groups in total. The molecule has 0 aliphatic heterocycles. The average molecular weight is 370 g/mol. The molecule has 0 saturated carbocycles. The number of rotatable bonds is 7. The Morgan fingerprint density at radius 1 is 1.07 bits per heavy atom. The quantitative estimate of drug-likeness (QED) is 0.740. The van der Waals surface area contributed by atoms with Crippen molar-refractivity contribution < 1.29 is 19.1 Å². The molecule has 1 amide bonds. The van der Waals surface area contributed by atoms with Crippen LogP contribution >= 0.6 is 0 Å². The Labute approximate surface area is 159 Å². The van der Waals surface area contributed by atoms with Gasteiger partial charge in [0.05, 0.1) is 6.04 Å². The fourth-order valence-corrected chi connectivity index (χ4v) is 2.48. The molecule has 1 atom stereocenters. The molecule has 144 valence electrons. The van der Waals surface area contributed by atoms with Crippen LogP contribution in [-0.4, -0.2) is 22.6 Å². The second-order valence-electron chi connectivity index (χ2n) is 7.16. The summed E-state index contributed by atoms with van der Waals surface area (Å²) in [6.07, 6.45) is 3.34. The molecule has 1 heterocycles. The van der Waals surface area contributed by atoms with Gasteiger partial charge in [0.2, 0.25) is 0 Å². The molecule has 2 aromatic rings. The lowest BCUT2D eigenvalue weighted by Crippen LogP contribution is -2.30. The summed E-state index contributed by atoms with van der Waals surface area (Å²) < 4.78 is 10.6. The topological polar surface area (TPSA) is 77.5 Å². The molecule has 0 radical (unpaired) electrons. The van der Waals surface area contributed by atoms with E-state index in [0.717, 1.165) is 11.1 Å². The highest BCUT2D eigenvalue weighted by molar-refractivity contribution is 5.70. The summed E-state index contributed by atoms with van der Waals surface area (Å²) in [5, 5.41) is 2.83. The largest absolute Gasteiger partial charge is 0.460 e. The maximum Gasteiger partial charge on any atom is 0.407 e. The Morgan fingerprint density at radius 3 is 2.37 bits per heavy atom. The summed E-state index contributed by atoms with van der Waals surface area (Å²) >= 11 is 0. The molecule has 1 unspecified atom stereocenters. The molecule has 0 fully saturated rings. The van der Waals surface area contributed by atoms with E-state index in [9.17, 15) is 9.59 Å². The second kappa shape index (κ2) is 9.71. The summed E-state index contributed by atoms with van der Waals surface area (Å²) in [6, 6.07) is 12.7. The molecule has 0 aliphatic carbocycles. The van der Waals surface area contributed by atoms with Crippen molar-refractivity contribution >= 4 is 12.1 Å². The number of amides is 1. The summed E-state index contributed by atoms with van der Waals surface area (Å²) in [6.45, 7) is 5.65. The van der Waals surface area contributed by atoms with Gasteiger partial charge < -0.3 is 14.8 Å². The van der Waals surface area contributed by atoms with Crippen molar-refractivity contribution in [1.82, 2.24) is 10.3 Å². The highest BCUT2D eigenvalue weighted by Gasteiger charge is 2.20. The first kappa shape index (κ1) is 20.4. The van der Waals surface area contributed by atoms with Crippen molar-refractivity contribution in [2.75, 3.05) is 0 Å². The zero-order chi connectivity index (χ0) is 19.7. The number of aromatic nitrogens is 1. The van der Waals surface area contributed by atoms with Crippen LogP contribution < -0.4 is 5.32 Å². The van der Waals surface area contributed by atoms with Crippen molar-refractivity contribution in [1.29, 1.82) is 0 Å². The Balaban J connectivity index is 1.94. The third kappa shape index (κ3) is 7.90. The number of nitrogens with one attached hydrogen (secondary N) is 1. The van der Waals surface area contributed by atoms with E-state index in [0.29, 0.717) is 6.42 Å². The first-order chi connectivity index (χ1) is 12.8. The lowest BCUT2D eigenvalue weighted by molar-refractivity contribution is -0.155. The molecule has 0 saturated heterocycles. The van der Waals surface area contributed by atoms with Crippen LogP contribution in [0.2, 0.25) is 0 Å². The monoisotopic (exact) mass is 370 g/mol. The predicted molar refractivity (Wildman–Crippen MR) is 102 cm³/mol. The van der Waals surface area contributed by atoms with Crippen LogP contribution in [0.25, 0.3) is 0 Å². The minimum absolute atomic E-state index is 0.182. The third-order valence-electron chi connectivity index (χ3n) is 3.67. The molecule has 2 rings (SSSR count). The molecule has 0 aliphatic rings. The number of hydrogen-bond donors (Lipinski definition) is 1. The number of hydrogen-bond acceptors (Lipinski definition) is 5. The highest BCUT2D eigenvalue weighted by Crippen LogP contribution is 2.20. The zero-order valence-corrected chi connectivity index (χ0v) is 16.0. The van der Waals surface area contributed by atoms with Gasteiger partial charge in [0.15, 0.2) is 0 Å². The normalized spacial score (nSPS) is 12.1.